The molecule has 0 bridgehead atoms. The van der Waals surface area contributed by atoms with Crippen LogP contribution >= 0.6 is 11.8 Å². The Balaban J connectivity index is 1.50. The average Bonchev–Trinajstić information content (AvgIpc) is 3.29. The van der Waals surface area contributed by atoms with Crippen molar-refractivity contribution in [3.8, 4) is 5.75 Å². The fraction of sp³-hybridized carbons (Fsp3) is 0.444. The standard InChI is InChI=1S/C27H33N3O4S/c1-6-16(2)21(23(31)28-15-17-11-13-18(34-5)14-12-17)29-24(32)22-27(3,4)35-26-20-10-8-7-9-19(20)25(33)30(22)26/h7-14,16,21-22,26H,6,15H2,1-5H3,(H,28,31)(H,29,32)/t16-,21-,22+,26+/m0/s1. The van der Waals surface area contributed by atoms with E-state index in [-0.39, 0.29) is 29.0 Å². The zero-order chi connectivity index (χ0) is 25.3. The number of amides is 3. The van der Waals surface area contributed by atoms with Gasteiger partial charge in [0.15, 0.2) is 0 Å². The normalized spacial score (nSPS) is 21.6. The molecule has 0 saturated carbocycles. The van der Waals surface area contributed by atoms with E-state index in [1.54, 1.807) is 23.8 Å². The van der Waals surface area contributed by atoms with Gasteiger partial charge >= 0.3 is 0 Å². The van der Waals surface area contributed by atoms with Crippen molar-refractivity contribution < 1.29 is 19.1 Å². The summed E-state index contributed by atoms with van der Waals surface area (Å²) in [5, 5.41) is 5.76. The van der Waals surface area contributed by atoms with E-state index in [1.165, 1.54) is 0 Å². The summed E-state index contributed by atoms with van der Waals surface area (Å²) in [5.41, 5.74) is 2.53. The highest BCUT2D eigenvalue weighted by molar-refractivity contribution is 8.01. The van der Waals surface area contributed by atoms with Crippen molar-refractivity contribution in [3.63, 3.8) is 0 Å². The highest BCUT2D eigenvalue weighted by atomic mass is 32.2. The quantitative estimate of drug-likeness (QED) is 0.580. The second kappa shape index (κ2) is 9.93. The lowest BCUT2D eigenvalue weighted by atomic mass is 9.95. The number of benzene rings is 2. The minimum absolute atomic E-state index is 0.0748. The number of hydrogen-bond acceptors (Lipinski definition) is 5. The Bertz CT molecular complexity index is 1120. The van der Waals surface area contributed by atoms with Crippen LogP contribution in [0.15, 0.2) is 48.5 Å². The molecule has 1 fully saturated rings. The predicted molar refractivity (Wildman–Crippen MR) is 137 cm³/mol. The zero-order valence-electron chi connectivity index (χ0n) is 20.8. The molecule has 2 aromatic carbocycles. The minimum atomic E-state index is -0.703. The van der Waals surface area contributed by atoms with Crippen LogP contribution in [0.1, 0.15) is 61.0 Å². The summed E-state index contributed by atoms with van der Waals surface area (Å²) in [4.78, 5) is 41.8. The van der Waals surface area contributed by atoms with Crippen molar-refractivity contribution in [2.24, 2.45) is 5.92 Å². The number of methoxy groups -OCH3 is 1. The van der Waals surface area contributed by atoms with Crippen molar-refractivity contribution in [3.05, 3.63) is 65.2 Å². The maximum atomic E-state index is 13.7. The van der Waals surface area contributed by atoms with Crippen molar-refractivity contribution in [1.29, 1.82) is 0 Å². The maximum absolute atomic E-state index is 13.7. The molecule has 4 rings (SSSR count). The Kier molecular flexibility index (Phi) is 7.12. The van der Waals surface area contributed by atoms with Gasteiger partial charge in [-0.25, -0.2) is 0 Å². The number of hydrogen-bond donors (Lipinski definition) is 2. The third kappa shape index (κ3) is 4.76. The van der Waals surface area contributed by atoms with Gasteiger partial charge in [-0.15, -0.1) is 11.8 Å². The Labute approximate surface area is 211 Å². The van der Waals surface area contributed by atoms with Crippen LogP contribution in [0.25, 0.3) is 0 Å². The van der Waals surface area contributed by atoms with Gasteiger partial charge in [-0.05, 0) is 49.1 Å². The van der Waals surface area contributed by atoms with Crippen LogP contribution in [0, 0.1) is 5.92 Å². The van der Waals surface area contributed by atoms with Gasteiger partial charge in [0, 0.05) is 16.9 Å². The second-order valence-electron chi connectivity index (χ2n) is 9.71. The molecule has 35 heavy (non-hydrogen) atoms. The Morgan fingerprint density at radius 3 is 2.49 bits per heavy atom. The lowest BCUT2D eigenvalue weighted by Gasteiger charge is -2.32. The Morgan fingerprint density at radius 1 is 1.14 bits per heavy atom. The van der Waals surface area contributed by atoms with E-state index in [1.807, 2.05) is 76.2 Å². The molecule has 0 unspecified atom stereocenters. The highest BCUT2D eigenvalue weighted by Gasteiger charge is 2.57. The number of nitrogens with zero attached hydrogens (tertiary/aromatic N) is 1. The highest BCUT2D eigenvalue weighted by Crippen LogP contribution is 2.56. The van der Waals surface area contributed by atoms with Gasteiger partial charge in [0.25, 0.3) is 5.91 Å². The smallest absolute Gasteiger partial charge is 0.256 e. The van der Waals surface area contributed by atoms with Crippen LogP contribution < -0.4 is 15.4 Å². The second-order valence-corrected chi connectivity index (χ2v) is 11.4. The van der Waals surface area contributed by atoms with Crippen molar-refractivity contribution >= 4 is 29.5 Å². The maximum Gasteiger partial charge on any atom is 0.256 e. The summed E-state index contributed by atoms with van der Waals surface area (Å²) in [6, 6.07) is 13.6. The van der Waals surface area contributed by atoms with E-state index in [9.17, 15) is 14.4 Å². The van der Waals surface area contributed by atoms with Gasteiger partial charge in [0.05, 0.1) is 7.11 Å². The molecule has 4 atom stereocenters. The Morgan fingerprint density at radius 2 is 1.83 bits per heavy atom. The molecular formula is C27H33N3O4S. The van der Waals surface area contributed by atoms with Gasteiger partial charge in [-0.2, -0.15) is 0 Å². The van der Waals surface area contributed by atoms with E-state index in [2.05, 4.69) is 10.6 Å². The molecule has 186 valence electrons. The number of carbonyl (C=O) groups excluding carboxylic acids is 3. The first-order valence-electron chi connectivity index (χ1n) is 12.0. The van der Waals surface area contributed by atoms with Crippen molar-refractivity contribution in [2.75, 3.05) is 7.11 Å². The van der Waals surface area contributed by atoms with Crippen molar-refractivity contribution in [2.45, 2.75) is 62.9 Å². The summed E-state index contributed by atoms with van der Waals surface area (Å²) in [5.74, 6) is 0.0107. The summed E-state index contributed by atoms with van der Waals surface area (Å²) in [6.45, 7) is 8.26. The van der Waals surface area contributed by atoms with Crippen LogP contribution in [0.3, 0.4) is 0 Å². The number of carbonyl (C=O) groups is 3. The third-order valence-corrected chi connectivity index (χ3v) is 8.50. The van der Waals surface area contributed by atoms with Crippen LogP contribution in [0.5, 0.6) is 5.75 Å². The number of thioether (sulfide) groups is 1. The predicted octanol–water partition coefficient (Wildman–Crippen LogP) is 3.89. The first kappa shape index (κ1) is 25.1. The van der Waals surface area contributed by atoms with E-state index < -0.39 is 16.8 Å². The third-order valence-electron chi connectivity index (χ3n) is 6.96. The van der Waals surface area contributed by atoms with Gasteiger partial charge in [0.2, 0.25) is 11.8 Å². The van der Waals surface area contributed by atoms with Crippen LogP contribution in [0.2, 0.25) is 0 Å². The van der Waals surface area contributed by atoms with Crippen LogP contribution in [-0.2, 0) is 16.1 Å². The summed E-state index contributed by atoms with van der Waals surface area (Å²) >= 11 is 1.61. The molecule has 3 amide bonds. The molecule has 0 radical (unpaired) electrons. The molecular weight excluding hydrogens is 462 g/mol. The molecule has 1 saturated heterocycles. The van der Waals surface area contributed by atoms with E-state index >= 15 is 0 Å². The van der Waals surface area contributed by atoms with Gasteiger partial charge < -0.3 is 20.3 Å². The van der Waals surface area contributed by atoms with E-state index in [0.29, 0.717) is 12.1 Å². The largest absolute Gasteiger partial charge is 0.497 e. The zero-order valence-corrected chi connectivity index (χ0v) is 21.6. The monoisotopic (exact) mass is 495 g/mol. The fourth-order valence-corrected chi connectivity index (χ4v) is 6.37. The first-order chi connectivity index (χ1) is 16.7. The number of nitrogens with one attached hydrogen (secondary N) is 2. The van der Waals surface area contributed by atoms with Gasteiger partial charge in [-0.1, -0.05) is 50.6 Å². The van der Waals surface area contributed by atoms with Gasteiger partial charge in [0.1, 0.15) is 23.2 Å². The molecule has 2 heterocycles. The Hall–Kier alpha value is -3.00. The molecule has 0 aromatic heterocycles. The van der Waals surface area contributed by atoms with Crippen molar-refractivity contribution in [1.82, 2.24) is 15.5 Å². The minimum Gasteiger partial charge on any atom is -0.497 e. The van der Waals surface area contributed by atoms with Crippen LogP contribution in [-0.4, -0.2) is 46.6 Å². The first-order valence-corrected chi connectivity index (χ1v) is 12.9. The van der Waals surface area contributed by atoms with Gasteiger partial charge in [-0.3, -0.25) is 14.4 Å². The number of ether oxygens (including phenoxy) is 1. The summed E-state index contributed by atoms with van der Waals surface area (Å²) < 4.78 is 4.68. The van der Waals surface area contributed by atoms with E-state index in [0.717, 1.165) is 23.3 Å². The SMILES string of the molecule is CC[C@H](C)[C@H](NC(=O)[C@H]1N2C(=O)c3ccccc3[C@H]2SC1(C)C)C(=O)NCc1ccc(OC)cc1. The molecule has 7 nitrogen and oxygen atoms in total. The molecule has 0 spiro atoms. The molecule has 2 N–H and O–H groups in total. The van der Waals surface area contributed by atoms with E-state index in [4.69, 9.17) is 4.74 Å². The van der Waals surface area contributed by atoms with Crippen LogP contribution in [0.4, 0.5) is 0 Å². The fourth-order valence-electron chi connectivity index (χ4n) is 4.78. The number of fused-ring (bicyclic) bond motifs is 3. The molecule has 2 aliphatic rings. The molecule has 2 aromatic rings. The lowest BCUT2D eigenvalue weighted by Crippen LogP contribution is -2.58. The molecule has 2 aliphatic heterocycles. The number of rotatable bonds is 8. The lowest BCUT2D eigenvalue weighted by molar-refractivity contribution is -0.133. The molecule has 8 heteroatoms. The summed E-state index contributed by atoms with van der Waals surface area (Å²) in [6.07, 6.45) is 0.723. The summed E-state index contributed by atoms with van der Waals surface area (Å²) in [7, 11) is 1.61. The molecule has 0 aliphatic carbocycles. The average molecular weight is 496 g/mol. The topological polar surface area (TPSA) is 87.7 Å².